The van der Waals surface area contributed by atoms with Gasteiger partial charge in [0, 0.05) is 21.6 Å². The van der Waals surface area contributed by atoms with Crippen LogP contribution >= 0.6 is 11.3 Å². The van der Waals surface area contributed by atoms with Gasteiger partial charge in [0.1, 0.15) is 5.00 Å². The fourth-order valence-corrected chi connectivity index (χ4v) is 4.07. The number of imide groups is 1. The van der Waals surface area contributed by atoms with Crippen LogP contribution in [-0.4, -0.2) is 30.3 Å². The molecule has 3 amide bonds. The Morgan fingerprint density at radius 3 is 2.06 bits per heavy atom. The maximum atomic E-state index is 12.8. The summed E-state index contributed by atoms with van der Waals surface area (Å²) < 4.78 is 4.75. The van der Waals surface area contributed by atoms with Crippen LogP contribution in [0, 0.1) is 13.8 Å². The lowest BCUT2D eigenvalue weighted by Crippen LogP contribution is -2.31. The van der Waals surface area contributed by atoms with E-state index in [1.165, 1.54) is 11.3 Å². The zero-order chi connectivity index (χ0) is 23.3. The van der Waals surface area contributed by atoms with Crippen molar-refractivity contribution < 1.29 is 23.9 Å². The molecule has 0 saturated carbocycles. The van der Waals surface area contributed by atoms with E-state index in [4.69, 9.17) is 4.74 Å². The maximum Gasteiger partial charge on any atom is 0.414 e. The van der Waals surface area contributed by atoms with Crippen LogP contribution in [0.4, 0.5) is 9.80 Å². The molecule has 8 heteroatoms. The number of rotatable bonds is 6. The van der Waals surface area contributed by atoms with E-state index >= 15 is 0 Å². The maximum absolute atomic E-state index is 12.8. The van der Waals surface area contributed by atoms with E-state index < -0.39 is 17.9 Å². The third kappa shape index (κ3) is 5.09. The first kappa shape index (κ1) is 22.9. The monoisotopic (exact) mass is 450 g/mol. The first-order valence-corrected chi connectivity index (χ1v) is 10.7. The molecule has 0 radical (unpaired) electrons. The predicted molar refractivity (Wildman–Crippen MR) is 123 cm³/mol. The van der Waals surface area contributed by atoms with E-state index in [9.17, 15) is 19.2 Å². The number of benzene rings is 2. The van der Waals surface area contributed by atoms with Gasteiger partial charge >= 0.3 is 6.09 Å². The molecule has 32 heavy (non-hydrogen) atoms. The summed E-state index contributed by atoms with van der Waals surface area (Å²) in [5.74, 6) is -1.22. The molecule has 0 aliphatic heterocycles. The second kappa shape index (κ2) is 10.0. The van der Waals surface area contributed by atoms with Crippen molar-refractivity contribution in [1.82, 2.24) is 5.32 Å². The third-order valence-electron chi connectivity index (χ3n) is 4.78. The summed E-state index contributed by atoms with van der Waals surface area (Å²) >= 11 is 1.24. The van der Waals surface area contributed by atoms with Crippen molar-refractivity contribution in [3.8, 4) is 0 Å². The number of alkyl carbamates (subject to hydrolysis) is 1. The van der Waals surface area contributed by atoms with Crippen LogP contribution < -0.4 is 10.6 Å². The molecule has 0 saturated heterocycles. The predicted octanol–water partition coefficient (Wildman–Crippen LogP) is 4.73. The van der Waals surface area contributed by atoms with Crippen molar-refractivity contribution in [1.29, 1.82) is 0 Å². The van der Waals surface area contributed by atoms with Crippen LogP contribution in [0.15, 0.2) is 54.6 Å². The summed E-state index contributed by atoms with van der Waals surface area (Å²) in [5, 5.41) is 5.22. The lowest BCUT2D eigenvalue weighted by Gasteiger charge is -2.09. The fourth-order valence-electron chi connectivity index (χ4n) is 3.02. The molecular weight excluding hydrogens is 428 g/mol. The topological polar surface area (TPSA) is 102 Å². The average molecular weight is 451 g/mol. The highest BCUT2D eigenvalue weighted by atomic mass is 32.1. The zero-order valence-electron chi connectivity index (χ0n) is 17.9. The van der Waals surface area contributed by atoms with Gasteiger partial charge in [0.25, 0.3) is 11.8 Å². The van der Waals surface area contributed by atoms with Crippen molar-refractivity contribution in [2.24, 2.45) is 0 Å². The number of thiophene rings is 1. The van der Waals surface area contributed by atoms with E-state index in [0.29, 0.717) is 27.3 Å². The van der Waals surface area contributed by atoms with E-state index in [-0.39, 0.29) is 18.0 Å². The van der Waals surface area contributed by atoms with Crippen LogP contribution in [0.1, 0.15) is 54.0 Å². The average Bonchev–Trinajstić information content (AvgIpc) is 3.07. The summed E-state index contributed by atoms with van der Waals surface area (Å²) in [6.45, 7) is 5.33. The van der Waals surface area contributed by atoms with Gasteiger partial charge in [-0.3, -0.25) is 19.7 Å². The SMILES string of the molecule is CCOC(=O)NC(=O)c1c(NC(=O)c2ccc(C(=O)c3ccccc3)cc2)sc(C)c1C. The molecule has 2 N–H and O–H groups in total. The normalized spacial score (nSPS) is 10.3. The van der Waals surface area contributed by atoms with Gasteiger partial charge in [-0.05, 0) is 38.5 Å². The molecule has 0 aliphatic rings. The van der Waals surface area contributed by atoms with Crippen molar-refractivity contribution in [3.05, 3.63) is 87.3 Å². The lowest BCUT2D eigenvalue weighted by atomic mass is 10.0. The second-order valence-corrected chi connectivity index (χ2v) is 8.11. The summed E-state index contributed by atoms with van der Waals surface area (Å²) in [7, 11) is 0. The Kier molecular flexibility index (Phi) is 7.17. The minimum Gasteiger partial charge on any atom is -0.450 e. The Hall–Kier alpha value is -3.78. The molecule has 0 aliphatic carbocycles. The van der Waals surface area contributed by atoms with E-state index in [0.717, 1.165) is 4.88 Å². The van der Waals surface area contributed by atoms with Gasteiger partial charge in [-0.15, -0.1) is 11.3 Å². The van der Waals surface area contributed by atoms with E-state index in [1.54, 1.807) is 62.4 Å². The Morgan fingerprint density at radius 1 is 0.844 bits per heavy atom. The van der Waals surface area contributed by atoms with Gasteiger partial charge in [-0.1, -0.05) is 42.5 Å². The number of ether oxygens (including phenoxy) is 1. The molecule has 3 aromatic rings. The number of aryl methyl sites for hydroxylation is 1. The molecule has 2 aromatic carbocycles. The first-order chi connectivity index (χ1) is 15.3. The number of carbonyl (C=O) groups is 4. The summed E-state index contributed by atoms with van der Waals surface area (Å²) in [6.07, 6.45) is -0.850. The molecule has 0 atom stereocenters. The number of anilines is 1. The second-order valence-electron chi connectivity index (χ2n) is 6.89. The minimum atomic E-state index is -0.850. The van der Waals surface area contributed by atoms with Gasteiger partial charge in [-0.2, -0.15) is 0 Å². The van der Waals surface area contributed by atoms with Crippen molar-refractivity contribution in [2.75, 3.05) is 11.9 Å². The summed E-state index contributed by atoms with van der Waals surface area (Å²) in [6, 6.07) is 15.1. The highest BCUT2D eigenvalue weighted by Crippen LogP contribution is 2.32. The molecule has 0 fully saturated rings. The number of nitrogens with one attached hydrogen (secondary N) is 2. The number of hydrogen-bond acceptors (Lipinski definition) is 6. The largest absolute Gasteiger partial charge is 0.450 e. The molecule has 0 bridgehead atoms. The van der Waals surface area contributed by atoms with Crippen molar-refractivity contribution >= 4 is 40.0 Å². The number of amides is 3. The molecule has 1 heterocycles. The van der Waals surface area contributed by atoms with Crippen LogP contribution in [0.3, 0.4) is 0 Å². The Bertz CT molecular complexity index is 1170. The van der Waals surface area contributed by atoms with Gasteiger partial charge in [0.2, 0.25) is 0 Å². The molecule has 0 spiro atoms. The van der Waals surface area contributed by atoms with Crippen LogP contribution in [0.25, 0.3) is 0 Å². The van der Waals surface area contributed by atoms with Gasteiger partial charge < -0.3 is 10.1 Å². The van der Waals surface area contributed by atoms with Crippen molar-refractivity contribution in [3.63, 3.8) is 0 Å². The molecule has 3 rings (SSSR count). The number of hydrogen-bond donors (Lipinski definition) is 2. The Morgan fingerprint density at radius 2 is 1.44 bits per heavy atom. The smallest absolute Gasteiger partial charge is 0.414 e. The minimum absolute atomic E-state index is 0.132. The van der Waals surface area contributed by atoms with Gasteiger partial charge in [-0.25, -0.2) is 4.79 Å². The number of ketones is 1. The molecular formula is C24H22N2O5S. The molecule has 0 unspecified atom stereocenters. The summed E-state index contributed by atoms with van der Waals surface area (Å²) in [5.41, 5.74) is 2.23. The third-order valence-corrected chi connectivity index (χ3v) is 5.90. The Labute approximate surface area is 189 Å². The van der Waals surface area contributed by atoms with Gasteiger partial charge in [0.15, 0.2) is 5.78 Å². The summed E-state index contributed by atoms with van der Waals surface area (Å²) in [4.78, 5) is 50.3. The number of carbonyl (C=O) groups excluding carboxylic acids is 4. The zero-order valence-corrected chi connectivity index (χ0v) is 18.7. The lowest BCUT2D eigenvalue weighted by molar-refractivity contribution is 0.0924. The Balaban J connectivity index is 1.77. The highest BCUT2D eigenvalue weighted by Gasteiger charge is 2.23. The quantitative estimate of drug-likeness (QED) is 0.529. The standard InChI is InChI=1S/C24H22N2O5S/c1-4-31-24(30)26-22(29)19-14(2)15(3)32-23(19)25-21(28)18-12-10-17(11-13-18)20(27)16-8-6-5-7-9-16/h5-13H,4H2,1-3H3,(H,25,28)(H,26,29,30). The highest BCUT2D eigenvalue weighted by molar-refractivity contribution is 7.16. The van der Waals surface area contributed by atoms with Crippen LogP contribution in [0.2, 0.25) is 0 Å². The van der Waals surface area contributed by atoms with E-state index in [1.807, 2.05) is 13.0 Å². The first-order valence-electron chi connectivity index (χ1n) is 9.91. The van der Waals surface area contributed by atoms with Gasteiger partial charge in [0.05, 0.1) is 12.2 Å². The van der Waals surface area contributed by atoms with Crippen molar-refractivity contribution in [2.45, 2.75) is 20.8 Å². The molecule has 1 aromatic heterocycles. The van der Waals surface area contributed by atoms with Crippen LogP contribution in [-0.2, 0) is 4.74 Å². The van der Waals surface area contributed by atoms with E-state index in [2.05, 4.69) is 10.6 Å². The fraction of sp³-hybridized carbons (Fsp3) is 0.167. The van der Waals surface area contributed by atoms with Crippen LogP contribution in [0.5, 0.6) is 0 Å². The molecule has 164 valence electrons. The molecule has 7 nitrogen and oxygen atoms in total.